The zero-order valence-electron chi connectivity index (χ0n) is 29.4. The summed E-state index contributed by atoms with van der Waals surface area (Å²) in [5.41, 5.74) is 3.67. The third-order valence-corrected chi connectivity index (χ3v) is 10.1. The first-order valence-corrected chi connectivity index (χ1v) is 17.6. The average molecular weight is 701 g/mol. The molecule has 1 fully saturated rings. The highest BCUT2D eigenvalue weighted by Gasteiger charge is 2.41. The predicted octanol–water partition coefficient (Wildman–Crippen LogP) is 6.05. The van der Waals surface area contributed by atoms with Crippen LogP contribution in [0.5, 0.6) is 5.75 Å². The molecule has 5 heterocycles. The van der Waals surface area contributed by atoms with E-state index in [2.05, 4.69) is 19.9 Å². The summed E-state index contributed by atoms with van der Waals surface area (Å²) in [6.45, 7) is 9.21. The molecule has 9 nitrogen and oxygen atoms in total. The van der Waals surface area contributed by atoms with Crippen molar-refractivity contribution in [3.05, 3.63) is 105 Å². The largest absolute Gasteiger partial charge is 0.484 e. The molecule has 3 aromatic heterocycles. The lowest BCUT2D eigenvalue weighted by Gasteiger charge is -2.43. The van der Waals surface area contributed by atoms with E-state index in [0.717, 1.165) is 39.7 Å². The van der Waals surface area contributed by atoms with Gasteiger partial charge in [0.05, 0.1) is 17.1 Å². The summed E-state index contributed by atoms with van der Waals surface area (Å²) in [6, 6.07) is 12.6. The molecule has 0 saturated carbocycles. The van der Waals surface area contributed by atoms with Crippen LogP contribution in [-0.4, -0.2) is 86.6 Å². The highest BCUT2D eigenvalue weighted by atomic mass is 19.1. The molecule has 51 heavy (non-hydrogen) atoms. The predicted molar refractivity (Wildman–Crippen MR) is 191 cm³/mol. The second kappa shape index (κ2) is 13.8. The molecular weight excluding hydrogens is 657 g/mol. The smallest absolute Gasteiger partial charge is 0.260 e. The number of para-hydroxylation sites is 1. The van der Waals surface area contributed by atoms with Crippen LogP contribution >= 0.6 is 0 Å². The number of aromatic nitrogens is 3. The Labute approximate surface area is 294 Å². The topological polar surface area (TPSA) is 97.6 Å². The lowest BCUT2D eigenvalue weighted by atomic mass is 9.87. The third-order valence-electron chi connectivity index (χ3n) is 10.1. The molecule has 2 N–H and O–H groups in total. The Kier molecular flexibility index (Phi) is 9.40. The number of fused-ring (bicyclic) bond motifs is 4. The number of aryl methyl sites for hydroxylation is 1. The van der Waals surface area contributed by atoms with Gasteiger partial charge in [0.25, 0.3) is 11.5 Å². The van der Waals surface area contributed by atoms with E-state index in [1.165, 1.54) is 13.8 Å². The van der Waals surface area contributed by atoms with E-state index in [4.69, 9.17) is 4.74 Å². The van der Waals surface area contributed by atoms with Crippen LogP contribution in [0.4, 0.5) is 13.2 Å². The number of rotatable bonds is 9. The average Bonchev–Trinajstić information content (AvgIpc) is 3.45. The van der Waals surface area contributed by atoms with Crippen molar-refractivity contribution in [2.75, 3.05) is 39.3 Å². The SMILES string of the molecule is CCc1cc2ncc(CN3CCN(C(=O)COc4cc(F)c([C@@H]5c6[nH]c7ccccc7c6C[C@@H](C)N5CC(C)(C)F)c(F)c4)CC3)cc2[nH]c1=O. The number of hydrogen-bond acceptors (Lipinski definition) is 6. The number of carbonyl (C=O) groups excluding carboxylic acids is 1. The van der Waals surface area contributed by atoms with Crippen molar-refractivity contribution in [1.29, 1.82) is 0 Å². The van der Waals surface area contributed by atoms with Gasteiger partial charge in [0.1, 0.15) is 23.1 Å². The molecule has 0 bridgehead atoms. The number of halogens is 3. The Morgan fingerprint density at radius 3 is 2.45 bits per heavy atom. The van der Waals surface area contributed by atoms with Gasteiger partial charge >= 0.3 is 0 Å². The first-order chi connectivity index (χ1) is 24.4. The van der Waals surface area contributed by atoms with Crippen molar-refractivity contribution in [2.45, 2.75) is 64.8 Å². The molecule has 268 valence electrons. The van der Waals surface area contributed by atoms with Crippen LogP contribution in [0.2, 0.25) is 0 Å². The molecule has 2 aliphatic rings. The van der Waals surface area contributed by atoms with Crippen LogP contribution in [0.3, 0.4) is 0 Å². The minimum Gasteiger partial charge on any atom is -0.484 e. The van der Waals surface area contributed by atoms with Gasteiger partial charge in [-0.25, -0.2) is 13.2 Å². The fourth-order valence-electron chi connectivity index (χ4n) is 7.57. The van der Waals surface area contributed by atoms with Gasteiger partial charge in [-0.05, 0) is 62.9 Å². The number of H-pyrrole nitrogens is 2. The molecule has 7 rings (SSSR count). The molecule has 2 aliphatic heterocycles. The van der Waals surface area contributed by atoms with Gasteiger partial charge in [0, 0.05) is 91.4 Å². The van der Waals surface area contributed by atoms with Crippen LogP contribution < -0.4 is 10.3 Å². The van der Waals surface area contributed by atoms with E-state index in [1.807, 2.05) is 61.3 Å². The highest BCUT2D eigenvalue weighted by molar-refractivity contribution is 5.85. The second-order valence-corrected chi connectivity index (χ2v) is 14.4. The molecule has 0 radical (unpaired) electrons. The maximum Gasteiger partial charge on any atom is 0.260 e. The number of piperazine rings is 1. The zero-order chi connectivity index (χ0) is 36.0. The Bertz CT molecular complexity index is 2130. The quantitative estimate of drug-likeness (QED) is 0.194. The van der Waals surface area contributed by atoms with E-state index >= 15 is 13.2 Å². The number of aromatic amines is 2. The van der Waals surface area contributed by atoms with E-state index in [0.29, 0.717) is 62.3 Å². The number of nitrogens with one attached hydrogen (secondary N) is 2. The van der Waals surface area contributed by atoms with Crippen molar-refractivity contribution in [1.82, 2.24) is 29.7 Å². The van der Waals surface area contributed by atoms with Crippen LogP contribution in [0.25, 0.3) is 21.9 Å². The standard InChI is InChI=1S/C39H43F3N6O3/c1-5-25-16-32-33(45-38(25)50)15-24(19-43-32)20-46-10-12-47(13-11-46)34(49)21-51-26-17-29(40)35(30(41)18-26)37-36-28(27-8-6-7-9-31(27)44-36)14-23(2)48(37)22-39(3,4)42/h6-9,15-19,23,37,44H,5,10-14,20-22H2,1-4H3,(H,45,50)/t23-,37-/m1/s1. The van der Waals surface area contributed by atoms with Crippen molar-refractivity contribution < 1.29 is 22.7 Å². The van der Waals surface area contributed by atoms with E-state index < -0.39 is 23.3 Å². The molecular formula is C39H43F3N6O3. The van der Waals surface area contributed by atoms with Gasteiger partial charge in [-0.2, -0.15) is 0 Å². The molecule has 0 spiro atoms. The van der Waals surface area contributed by atoms with Crippen LogP contribution in [0, 0.1) is 11.6 Å². The Hall–Kier alpha value is -4.68. The zero-order valence-corrected chi connectivity index (χ0v) is 29.4. The van der Waals surface area contributed by atoms with Crippen molar-refractivity contribution in [3.8, 4) is 5.75 Å². The Balaban J connectivity index is 1.02. The molecule has 2 aromatic carbocycles. The first-order valence-electron chi connectivity index (χ1n) is 17.6. The third kappa shape index (κ3) is 7.12. The van der Waals surface area contributed by atoms with Gasteiger partial charge in [-0.3, -0.25) is 24.4 Å². The number of amides is 1. The number of ether oxygens (including phenoxy) is 1. The molecule has 12 heteroatoms. The lowest BCUT2D eigenvalue weighted by molar-refractivity contribution is -0.135. The summed E-state index contributed by atoms with van der Waals surface area (Å²) in [4.78, 5) is 41.9. The van der Waals surface area contributed by atoms with Gasteiger partial charge in [0.2, 0.25) is 0 Å². The normalized spacial score (nSPS) is 18.8. The van der Waals surface area contributed by atoms with Crippen LogP contribution in [-0.2, 0) is 24.2 Å². The maximum absolute atomic E-state index is 16.0. The van der Waals surface area contributed by atoms with Crippen LogP contribution in [0.1, 0.15) is 61.7 Å². The van der Waals surface area contributed by atoms with Gasteiger partial charge < -0.3 is 19.6 Å². The second-order valence-electron chi connectivity index (χ2n) is 14.4. The van der Waals surface area contributed by atoms with E-state index in [1.54, 1.807) is 4.90 Å². The van der Waals surface area contributed by atoms with E-state index in [-0.39, 0.29) is 42.0 Å². The minimum absolute atomic E-state index is 0.0215. The summed E-state index contributed by atoms with van der Waals surface area (Å²) >= 11 is 0. The molecule has 0 aliphatic carbocycles. The summed E-state index contributed by atoms with van der Waals surface area (Å²) < 4.78 is 52.8. The minimum atomic E-state index is -1.61. The molecule has 1 saturated heterocycles. The maximum atomic E-state index is 16.0. The molecule has 5 aromatic rings. The van der Waals surface area contributed by atoms with Crippen LogP contribution in [0.15, 0.2) is 59.5 Å². The van der Waals surface area contributed by atoms with Crippen molar-refractivity contribution >= 4 is 27.8 Å². The number of alkyl halides is 1. The molecule has 1 amide bonds. The van der Waals surface area contributed by atoms with Gasteiger partial charge in [-0.15, -0.1) is 0 Å². The van der Waals surface area contributed by atoms with E-state index in [9.17, 15) is 9.59 Å². The molecule has 0 unspecified atom stereocenters. The number of carbonyl (C=O) groups is 1. The fourth-order valence-corrected chi connectivity index (χ4v) is 7.57. The number of pyridine rings is 2. The number of nitrogens with zero attached hydrogens (tertiary/aromatic N) is 4. The van der Waals surface area contributed by atoms with Crippen molar-refractivity contribution in [2.24, 2.45) is 0 Å². The summed E-state index contributed by atoms with van der Waals surface area (Å²) in [6.07, 6.45) is 3.05. The summed E-state index contributed by atoms with van der Waals surface area (Å²) in [5.74, 6) is -2.02. The first kappa shape index (κ1) is 34.8. The van der Waals surface area contributed by atoms with Gasteiger partial charge in [0.15, 0.2) is 6.61 Å². The molecule has 2 atom stereocenters. The monoisotopic (exact) mass is 700 g/mol. The Morgan fingerprint density at radius 1 is 1.02 bits per heavy atom. The Morgan fingerprint density at radius 2 is 1.75 bits per heavy atom. The summed E-state index contributed by atoms with van der Waals surface area (Å²) in [7, 11) is 0. The number of benzene rings is 2. The highest BCUT2D eigenvalue weighted by Crippen LogP contribution is 2.43. The summed E-state index contributed by atoms with van der Waals surface area (Å²) in [5, 5.41) is 0.984. The van der Waals surface area contributed by atoms with Gasteiger partial charge in [-0.1, -0.05) is 25.1 Å². The number of hydrogen-bond donors (Lipinski definition) is 2. The van der Waals surface area contributed by atoms with Crippen molar-refractivity contribution in [3.63, 3.8) is 0 Å². The fraction of sp³-hybridized carbons (Fsp3) is 0.410. The lowest BCUT2D eigenvalue weighted by Crippen LogP contribution is -2.49.